The summed E-state index contributed by atoms with van der Waals surface area (Å²) >= 11 is 0. The van der Waals surface area contributed by atoms with Crippen LogP contribution in [-0.2, 0) is 22.1 Å². The van der Waals surface area contributed by atoms with Crippen LogP contribution in [0.15, 0.2) is 18.2 Å². The van der Waals surface area contributed by atoms with Crippen molar-refractivity contribution in [2.45, 2.75) is 26.4 Å². The fourth-order valence-corrected chi connectivity index (χ4v) is 1.44. The van der Waals surface area contributed by atoms with Gasteiger partial charge in [0, 0.05) is 0 Å². The number of halogens is 3. The highest BCUT2D eigenvalue weighted by atomic mass is 19.4. The van der Waals surface area contributed by atoms with E-state index in [1.807, 2.05) is 0 Å². The van der Waals surface area contributed by atoms with E-state index in [1.165, 1.54) is 6.07 Å². The van der Waals surface area contributed by atoms with Crippen LogP contribution in [0.2, 0.25) is 0 Å². The highest BCUT2D eigenvalue weighted by Crippen LogP contribution is 2.30. The van der Waals surface area contributed by atoms with Gasteiger partial charge in [0.1, 0.15) is 0 Å². The number of hydrogen-bond acceptors (Lipinski definition) is 2. The van der Waals surface area contributed by atoms with E-state index in [2.05, 4.69) is 0 Å². The Balaban J connectivity index is 2.87. The Labute approximate surface area is 97.4 Å². The maximum atomic E-state index is 12.4. The molecule has 0 radical (unpaired) electrons. The summed E-state index contributed by atoms with van der Waals surface area (Å²) in [5, 5.41) is 0. The van der Waals surface area contributed by atoms with Gasteiger partial charge in [-0.1, -0.05) is 6.07 Å². The smallest absolute Gasteiger partial charge is 0.416 e. The number of hydrogen-bond donors (Lipinski definition) is 0. The van der Waals surface area contributed by atoms with E-state index in [0.29, 0.717) is 11.1 Å². The summed E-state index contributed by atoms with van der Waals surface area (Å²) in [6.45, 7) is 3.49. The summed E-state index contributed by atoms with van der Waals surface area (Å²) < 4.78 is 41.9. The molecule has 1 rings (SSSR count). The van der Waals surface area contributed by atoms with Gasteiger partial charge in [0.15, 0.2) is 0 Å². The molecule has 0 atom stereocenters. The minimum absolute atomic E-state index is 0.00217. The second kappa shape index (κ2) is 5.21. The molecule has 0 saturated carbocycles. The van der Waals surface area contributed by atoms with Crippen molar-refractivity contribution >= 4 is 5.97 Å². The second-order valence-electron chi connectivity index (χ2n) is 3.62. The summed E-state index contributed by atoms with van der Waals surface area (Å²) in [4.78, 5) is 11.2. The first kappa shape index (κ1) is 13.5. The molecule has 17 heavy (non-hydrogen) atoms. The third-order valence-corrected chi connectivity index (χ3v) is 2.31. The van der Waals surface area contributed by atoms with Crippen molar-refractivity contribution in [3.8, 4) is 0 Å². The quantitative estimate of drug-likeness (QED) is 0.766. The molecule has 0 aromatic heterocycles. The Kier molecular flexibility index (Phi) is 4.15. The fraction of sp³-hybridized carbons (Fsp3) is 0.417. The molecule has 94 valence electrons. The molecule has 1 aromatic carbocycles. The van der Waals surface area contributed by atoms with Gasteiger partial charge in [-0.15, -0.1) is 0 Å². The zero-order valence-electron chi connectivity index (χ0n) is 9.60. The van der Waals surface area contributed by atoms with Crippen LogP contribution in [0.25, 0.3) is 0 Å². The average Bonchev–Trinajstić information content (AvgIpc) is 2.20. The molecule has 0 fully saturated rings. The number of aryl methyl sites for hydroxylation is 1. The van der Waals surface area contributed by atoms with Crippen molar-refractivity contribution < 1.29 is 22.7 Å². The van der Waals surface area contributed by atoms with Crippen LogP contribution in [0, 0.1) is 6.92 Å². The Morgan fingerprint density at radius 2 is 2.00 bits per heavy atom. The van der Waals surface area contributed by atoms with Gasteiger partial charge in [-0.25, -0.2) is 0 Å². The summed E-state index contributed by atoms with van der Waals surface area (Å²) in [5.74, 6) is -0.435. The highest BCUT2D eigenvalue weighted by molar-refractivity contribution is 5.73. The summed E-state index contributed by atoms with van der Waals surface area (Å²) in [6.07, 6.45) is -4.36. The van der Waals surface area contributed by atoms with Crippen LogP contribution in [0.3, 0.4) is 0 Å². The molecule has 0 amide bonds. The predicted molar refractivity (Wildman–Crippen MR) is 56.5 cm³/mol. The number of ether oxygens (including phenoxy) is 1. The van der Waals surface area contributed by atoms with Gasteiger partial charge in [0.25, 0.3) is 0 Å². The van der Waals surface area contributed by atoms with Crippen molar-refractivity contribution in [2.75, 3.05) is 6.61 Å². The lowest BCUT2D eigenvalue weighted by Crippen LogP contribution is -2.10. The lowest BCUT2D eigenvalue weighted by molar-refractivity contribution is -0.142. The van der Waals surface area contributed by atoms with Gasteiger partial charge in [-0.2, -0.15) is 13.2 Å². The van der Waals surface area contributed by atoms with Gasteiger partial charge in [-0.3, -0.25) is 4.79 Å². The van der Waals surface area contributed by atoms with Crippen molar-refractivity contribution in [3.05, 3.63) is 34.9 Å². The SMILES string of the molecule is CCOC(=O)Cc1ccc(C(F)(F)F)cc1C. The number of carbonyl (C=O) groups excluding carboxylic acids is 1. The van der Waals surface area contributed by atoms with Crippen LogP contribution >= 0.6 is 0 Å². The van der Waals surface area contributed by atoms with E-state index in [0.717, 1.165) is 12.1 Å². The van der Waals surface area contributed by atoms with Crippen molar-refractivity contribution in [1.29, 1.82) is 0 Å². The van der Waals surface area contributed by atoms with Crippen molar-refractivity contribution in [2.24, 2.45) is 0 Å². The maximum absolute atomic E-state index is 12.4. The molecular formula is C12H13F3O2. The third-order valence-electron chi connectivity index (χ3n) is 2.31. The van der Waals surface area contributed by atoms with Gasteiger partial charge < -0.3 is 4.74 Å². The first-order valence-corrected chi connectivity index (χ1v) is 5.17. The summed E-state index contributed by atoms with van der Waals surface area (Å²) in [6, 6.07) is 3.32. The lowest BCUT2D eigenvalue weighted by atomic mass is 10.0. The molecule has 0 unspecified atom stereocenters. The van der Waals surface area contributed by atoms with E-state index < -0.39 is 17.7 Å². The number of rotatable bonds is 3. The number of esters is 1. The zero-order chi connectivity index (χ0) is 13.1. The summed E-state index contributed by atoms with van der Waals surface area (Å²) in [5.41, 5.74) is 0.284. The van der Waals surface area contributed by atoms with Gasteiger partial charge in [-0.05, 0) is 37.1 Å². The van der Waals surface area contributed by atoms with Crippen LogP contribution in [0.5, 0.6) is 0 Å². The molecule has 0 aliphatic carbocycles. The predicted octanol–water partition coefficient (Wildman–Crippen LogP) is 3.12. The molecule has 1 aromatic rings. The third kappa shape index (κ3) is 3.76. The molecule has 0 heterocycles. The molecule has 0 N–H and O–H groups in total. The largest absolute Gasteiger partial charge is 0.466 e. The molecule has 0 saturated heterocycles. The minimum Gasteiger partial charge on any atom is -0.466 e. The van der Waals surface area contributed by atoms with E-state index >= 15 is 0 Å². The molecule has 0 bridgehead atoms. The Morgan fingerprint density at radius 3 is 2.47 bits per heavy atom. The molecule has 5 heteroatoms. The van der Waals surface area contributed by atoms with Gasteiger partial charge in [0.2, 0.25) is 0 Å². The van der Waals surface area contributed by atoms with Crippen LogP contribution in [0.1, 0.15) is 23.6 Å². The van der Waals surface area contributed by atoms with E-state index in [4.69, 9.17) is 4.74 Å². The molecule has 0 aliphatic heterocycles. The van der Waals surface area contributed by atoms with E-state index in [9.17, 15) is 18.0 Å². The molecule has 0 spiro atoms. The molecular weight excluding hydrogens is 233 g/mol. The lowest BCUT2D eigenvalue weighted by Gasteiger charge is -2.10. The average molecular weight is 246 g/mol. The first-order valence-electron chi connectivity index (χ1n) is 5.17. The maximum Gasteiger partial charge on any atom is 0.416 e. The number of alkyl halides is 3. The highest BCUT2D eigenvalue weighted by Gasteiger charge is 2.30. The van der Waals surface area contributed by atoms with Crippen LogP contribution in [-0.4, -0.2) is 12.6 Å². The standard InChI is InChI=1S/C12H13F3O2/c1-3-17-11(16)7-9-4-5-10(6-8(9)2)12(13,14)15/h4-6H,3,7H2,1-2H3. The number of carbonyl (C=O) groups is 1. The van der Waals surface area contributed by atoms with Crippen molar-refractivity contribution in [3.63, 3.8) is 0 Å². The van der Waals surface area contributed by atoms with E-state index in [1.54, 1.807) is 13.8 Å². The van der Waals surface area contributed by atoms with Gasteiger partial charge >= 0.3 is 12.1 Å². The summed E-state index contributed by atoms with van der Waals surface area (Å²) in [7, 11) is 0. The Bertz CT molecular complexity index is 411. The zero-order valence-corrected chi connectivity index (χ0v) is 9.60. The van der Waals surface area contributed by atoms with Gasteiger partial charge in [0.05, 0.1) is 18.6 Å². The van der Waals surface area contributed by atoms with Crippen molar-refractivity contribution in [1.82, 2.24) is 0 Å². The van der Waals surface area contributed by atoms with Crippen LogP contribution in [0.4, 0.5) is 13.2 Å². The van der Waals surface area contributed by atoms with E-state index in [-0.39, 0.29) is 13.0 Å². The fourth-order valence-electron chi connectivity index (χ4n) is 1.44. The monoisotopic (exact) mass is 246 g/mol. The molecule has 0 aliphatic rings. The first-order chi connectivity index (χ1) is 7.84. The van der Waals surface area contributed by atoms with Crippen LogP contribution < -0.4 is 0 Å². The Morgan fingerprint density at radius 1 is 1.35 bits per heavy atom. The Hall–Kier alpha value is -1.52. The normalized spacial score (nSPS) is 11.4. The topological polar surface area (TPSA) is 26.3 Å². The second-order valence-corrected chi connectivity index (χ2v) is 3.62. The molecule has 2 nitrogen and oxygen atoms in total. The minimum atomic E-state index is -4.35. The number of benzene rings is 1.